The van der Waals surface area contributed by atoms with Gasteiger partial charge in [0, 0.05) is 23.6 Å². The van der Waals surface area contributed by atoms with Gasteiger partial charge >= 0.3 is 0 Å². The molecule has 0 radical (unpaired) electrons. The number of aromatic amines is 1. The van der Waals surface area contributed by atoms with Gasteiger partial charge in [-0.15, -0.1) is 0 Å². The Hall–Kier alpha value is -2.66. The largest absolute Gasteiger partial charge is 0.385 e. The lowest BCUT2D eigenvalue weighted by atomic mass is 9.92. The van der Waals surface area contributed by atoms with Crippen molar-refractivity contribution in [3.63, 3.8) is 0 Å². The second kappa shape index (κ2) is 7.07. The van der Waals surface area contributed by atoms with E-state index >= 15 is 0 Å². The van der Waals surface area contributed by atoms with Gasteiger partial charge in [-0.2, -0.15) is 0 Å². The van der Waals surface area contributed by atoms with E-state index in [-0.39, 0.29) is 18.1 Å². The fraction of sp³-hybridized carbons (Fsp3) is 0.250. The highest BCUT2D eigenvalue weighted by molar-refractivity contribution is 5.83. The number of fused-ring (bicyclic) bond motifs is 1. The Morgan fingerprint density at radius 2 is 2.00 bits per heavy atom. The minimum atomic E-state index is -1.21. The van der Waals surface area contributed by atoms with Crippen LogP contribution in [0.4, 0.5) is 4.39 Å². The van der Waals surface area contributed by atoms with Crippen LogP contribution >= 0.6 is 0 Å². The van der Waals surface area contributed by atoms with Crippen LogP contribution < -0.4 is 5.32 Å². The van der Waals surface area contributed by atoms with Gasteiger partial charge in [0.1, 0.15) is 5.82 Å². The second-order valence-corrected chi connectivity index (χ2v) is 6.42. The van der Waals surface area contributed by atoms with Crippen LogP contribution in [0.15, 0.2) is 54.7 Å². The highest BCUT2D eigenvalue weighted by atomic mass is 19.1. The Morgan fingerprint density at radius 1 is 1.24 bits per heavy atom. The first-order chi connectivity index (χ1) is 12.0. The van der Waals surface area contributed by atoms with E-state index in [0.717, 1.165) is 16.5 Å². The van der Waals surface area contributed by atoms with Crippen LogP contribution in [0.25, 0.3) is 10.9 Å². The maximum Gasteiger partial charge on any atom is 0.223 e. The zero-order chi connectivity index (χ0) is 17.9. The number of rotatable bonds is 6. The number of aliphatic hydroxyl groups is 1. The molecule has 5 heteroatoms. The molecule has 4 nitrogen and oxygen atoms in total. The Balaban J connectivity index is 1.56. The van der Waals surface area contributed by atoms with Crippen LogP contribution in [-0.2, 0) is 16.8 Å². The first-order valence-electron chi connectivity index (χ1n) is 8.26. The molecule has 1 atom stereocenters. The second-order valence-electron chi connectivity index (χ2n) is 6.42. The molecule has 130 valence electrons. The molecule has 3 N–H and O–H groups in total. The van der Waals surface area contributed by atoms with Crippen molar-refractivity contribution in [3.05, 3.63) is 71.7 Å². The van der Waals surface area contributed by atoms with Crippen LogP contribution in [0.3, 0.4) is 0 Å². The lowest BCUT2D eigenvalue weighted by Gasteiger charge is -2.23. The number of hydrogen-bond donors (Lipinski definition) is 3. The number of amides is 1. The summed E-state index contributed by atoms with van der Waals surface area (Å²) in [4.78, 5) is 15.2. The molecule has 1 amide bonds. The summed E-state index contributed by atoms with van der Waals surface area (Å²) in [6.45, 7) is 2.05. The van der Waals surface area contributed by atoms with Crippen LogP contribution in [-0.4, -0.2) is 22.5 Å². The number of halogens is 1. The molecule has 0 aliphatic heterocycles. The quantitative estimate of drug-likeness (QED) is 0.645. The van der Waals surface area contributed by atoms with E-state index in [4.69, 9.17) is 0 Å². The van der Waals surface area contributed by atoms with E-state index in [1.54, 1.807) is 25.1 Å². The molecule has 3 aromatic rings. The van der Waals surface area contributed by atoms with Gasteiger partial charge in [-0.3, -0.25) is 4.79 Å². The lowest BCUT2D eigenvalue weighted by Crippen LogP contribution is -2.33. The molecule has 0 bridgehead atoms. The van der Waals surface area contributed by atoms with Crippen molar-refractivity contribution >= 4 is 16.8 Å². The minimum absolute atomic E-state index is 0.0144. The summed E-state index contributed by atoms with van der Waals surface area (Å²) in [6.07, 6.45) is 2.40. The summed E-state index contributed by atoms with van der Waals surface area (Å²) in [7, 11) is 0. The third kappa shape index (κ3) is 4.06. The molecule has 0 fully saturated rings. The molecular weight excluding hydrogens is 319 g/mol. The molecule has 3 rings (SSSR count). The summed E-state index contributed by atoms with van der Waals surface area (Å²) in [6, 6.07) is 13.7. The van der Waals surface area contributed by atoms with E-state index < -0.39 is 5.60 Å². The molecule has 0 spiro atoms. The molecule has 1 heterocycles. The van der Waals surface area contributed by atoms with E-state index in [1.807, 2.05) is 24.4 Å². The van der Waals surface area contributed by atoms with Crippen molar-refractivity contribution < 1.29 is 14.3 Å². The van der Waals surface area contributed by atoms with Crippen LogP contribution in [0, 0.1) is 5.82 Å². The van der Waals surface area contributed by atoms with E-state index in [1.165, 1.54) is 12.1 Å². The Labute approximate surface area is 145 Å². The standard InChI is InChI=1S/C20H21FN2O2/c1-20(25,15-5-3-2-4-6-15)12-19(24)22-10-9-14-13-23-18-8-7-16(21)11-17(14)18/h2-8,11,13,23,25H,9-10,12H2,1H3,(H,22,24). The Bertz CT molecular complexity index is 872. The molecule has 0 aliphatic carbocycles. The van der Waals surface area contributed by atoms with E-state index in [2.05, 4.69) is 10.3 Å². The predicted molar refractivity (Wildman–Crippen MR) is 95.6 cm³/mol. The van der Waals surface area contributed by atoms with Gasteiger partial charge in [0.2, 0.25) is 5.91 Å². The van der Waals surface area contributed by atoms with Gasteiger partial charge in [0.15, 0.2) is 0 Å². The van der Waals surface area contributed by atoms with Crippen LogP contribution in [0.5, 0.6) is 0 Å². The SMILES string of the molecule is CC(O)(CC(=O)NCCc1c[nH]c2ccc(F)cc12)c1ccccc1. The first-order valence-corrected chi connectivity index (χ1v) is 8.26. The maximum atomic E-state index is 13.4. The summed E-state index contributed by atoms with van der Waals surface area (Å²) in [5.74, 6) is -0.504. The fourth-order valence-corrected chi connectivity index (χ4v) is 2.97. The van der Waals surface area contributed by atoms with E-state index in [9.17, 15) is 14.3 Å². The Kier molecular flexibility index (Phi) is 4.86. The molecule has 25 heavy (non-hydrogen) atoms. The van der Waals surface area contributed by atoms with Gasteiger partial charge in [-0.05, 0) is 42.7 Å². The number of carbonyl (C=O) groups is 1. The fourth-order valence-electron chi connectivity index (χ4n) is 2.97. The third-order valence-electron chi connectivity index (χ3n) is 4.35. The van der Waals surface area contributed by atoms with E-state index in [0.29, 0.717) is 18.5 Å². The van der Waals surface area contributed by atoms with Crippen molar-refractivity contribution in [3.8, 4) is 0 Å². The molecule has 2 aromatic carbocycles. The number of benzene rings is 2. The maximum absolute atomic E-state index is 13.4. The highest BCUT2D eigenvalue weighted by Crippen LogP contribution is 2.24. The highest BCUT2D eigenvalue weighted by Gasteiger charge is 2.26. The summed E-state index contributed by atoms with van der Waals surface area (Å²) in [5.41, 5.74) is 1.31. The van der Waals surface area contributed by atoms with Crippen LogP contribution in [0.2, 0.25) is 0 Å². The number of aromatic nitrogens is 1. The van der Waals surface area contributed by atoms with Crippen molar-refractivity contribution in [1.82, 2.24) is 10.3 Å². The van der Waals surface area contributed by atoms with Crippen molar-refractivity contribution in [2.75, 3.05) is 6.54 Å². The normalized spacial score (nSPS) is 13.6. The van der Waals surface area contributed by atoms with Gasteiger partial charge < -0.3 is 15.4 Å². The Morgan fingerprint density at radius 3 is 2.76 bits per heavy atom. The van der Waals surface area contributed by atoms with Gasteiger partial charge in [0.25, 0.3) is 0 Å². The number of nitrogens with one attached hydrogen (secondary N) is 2. The molecule has 0 saturated heterocycles. The third-order valence-corrected chi connectivity index (χ3v) is 4.35. The first kappa shape index (κ1) is 17.2. The number of carbonyl (C=O) groups excluding carboxylic acids is 1. The zero-order valence-corrected chi connectivity index (χ0v) is 14.1. The smallest absolute Gasteiger partial charge is 0.223 e. The number of hydrogen-bond acceptors (Lipinski definition) is 2. The van der Waals surface area contributed by atoms with Gasteiger partial charge in [-0.1, -0.05) is 30.3 Å². The average molecular weight is 340 g/mol. The van der Waals surface area contributed by atoms with Crippen LogP contribution in [0.1, 0.15) is 24.5 Å². The predicted octanol–water partition coefficient (Wildman–Crippen LogP) is 3.26. The number of H-pyrrole nitrogens is 1. The molecular formula is C20H21FN2O2. The zero-order valence-electron chi connectivity index (χ0n) is 14.1. The molecule has 0 saturated carbocycles. The van der Waals surface area contributed by atoms with Crippen molar-refractivity contribution in [1.29, 1.82) is 0 Å². The van der Waals surface area contributed by atoms with Crippen molar-refractivity contribution in [2.45, 2.75) is 25.4 Å². The van der Waals surface area contributed by atoms with Gasteiger partial charge in [0.05, 0.1) is 12.0 Å². The summed E-state index contributed by atoms with van der Waals surface area (Å²) in [5, 5.41) is 14.1. The lowest BCUT2D eigenvalue weighted by molar-refractivity contribution is -0.125. The minimum Gasteiger partial charge on any atom is -0.385 e. The van der Waals surface area contributed by atoms with Crippen molar-refractivity contribution in [2.24, 2.45) is 0 Å². The molecule has 1 aromatic heterocycles. The monoisotopic (exact) mass is 340 g/mol. The topological polar surface area (TPSA) is 65.1 Å². The van der Waals surface area contributed by atoms with Gasteiger partial charge in [-0.25, -0.2) is 4.39 Å². The molecule has 0 aliphatic rings. The average Bonchev–Trinajstić information content (AvgIpc) is 2.97. The summed E-state index contributed by atoms with van der Waals surface area (Å²) >= 11 is 0. The molecule has 1 unspecified atom stereocenters. The summed E-state index contributed by atoms with van der Waals surface area (Å²) < 4.78 is 13.4.